The van der Waals surface area contributed by atoms with Crippen molar-refractivity contribution < 1.29 is 14.3 Å². The molecule has 0 atom stereocenters. The summed E-state index contributed by atoms with van der Waals surface area (Å²) in [7, 11) is 0. The van der Waals surface area contributed by atoms with Crippen molar-refractivity contribution in [1.82, 2.24) is 4.98 Å². The van der Waals surface area contributed by atoms with Crippen molar-refractivity contribution in [3.05, 3.63) is 58.5 Å². The lowest BCUT2D eigenvalue weighted by Crippen LogP contribution is -2.05. The smallest absolute Gasteiger partial charge is 0.337 e. The highest BCUT2D eigenvalue weighted by Crippen LogP contribution is 2.23. The van der Waals surface area contributed by atoms with Crippen molar-refractivity contribution in [1.29, 1.82) is 0 Å². The van der Waals surface area contributed by atoms with E-state index in [2.05, 4.69) is 10.3 Å². The maximum atomic E-state index is 13.0. The van der Waals surface area contributed by atoms with Crippen LogP contribution >= 0.6 is 11.6 Å². The Morgan fingerprint density at radius 3 is 2.89 bits per heavy atom. The molecular formula is C13H10ClFN2O2. The van der Waals surface area contributed by atoms with Gasteiger partial charge in [0.25, 0.3) is 0 Å². The van der Waals surface area contributed by atoms with E-state index in [9.17, 15) is 9.18 Å². The van der Waals surface area contributed by atoms with E-state index < -0.39 is 5.97 Å². The van der Waals surface area contributed by atoms with Gasteiger partial charge in [0.15, 0.2) is 0 Å². The number of nitrogens with one attached hydrogen (secondary N) is 1. The molecular weight excluding hydrogens is 271 g/mol. The molecule has 1 aromatic heterocycles. The first-order valence-electron chi connectivity index (χ1n) is 5.44. The van der Waals surface area contributed by atoms with Crippen molar-refractivity contribution in [3.63, 3.8) is 0 Å². The minimum atomic E-state index is -1.12. The number of rotatable bonds is 4. The van der Waals surface area contributed by atoms with Crippen LogP contribution in [-0.4, -0.2) is 16.1 Å². The Labute approximate surface area is 113 Å². The second-order valence-corrected chi connectivity index (χ2v) is 4.19. The van der Waals surface area contributed by atoms with Crippen LogP contribution in [0.4, 0.5) is 10.2 Å². The molecule has 2 N–H and O–H groups in total. The van der Waals surface area contributed by atoms with E-state index in [4.69, 9.17) is 16.7 Å². The molecule has 1 heterocycles. The lowest BCUT2D eigenvalue weighted by molar-refractivity contribution is 0.0697. The number of carboxylic acid groups (broad SMARTS) is 1. The maximum Gasteiger partial charge on any atom is 0.337 e. The summed E-state index contributed by atoms with van der Waals surface area (Å²) in [6.07, 6.45) is 1.35. The summed E-state index contributed by atoms with van der Waals surface area (Å²) in [5, 5.41) is 11.8. The van der Waals surface area contributed by atoms with E-state index in [1.165, 1.54) is 24.4 Å². The average Bonchev–Trinajstić information content (AvgIpc) is 2.37. The van der Waals surface area contributed by atoms with Gasteiger partial charge in [-0.2, -0.15) is 0 Å². The lowest BCUT2D eigenvalue weighted by Gasteiger charge is -2.09. The van der Waals surface area contributed by atoms with Crippen molar-refractivity contribution in [2.75, 3.05) is 5.32 Å². The quantitative estimate of drug-likeness (QED) is 0.903. The number of carbonyl (C=O) groups is 1. The van der Waals surface area contributed by atoms with E-state index in [0.717, 1.165) is 0 Å². The molecule has 2 rings (SSSR count). The monoisotopic (exact) mass is 280 g/mol. The minimum Gasteiger partial charge on any atom is -0.478 e. The van der Waals surface area contributed by atoms with Crippen LogP contribution in [-0.2, 0) is 6.54 Å². The first kappa shape index (κ1) is 13.3. The number of carboxylic acids is 1. The van der Waals surface area contributed by atoms with Gasteiger partial charge in [0, 0.05) is 12.7 Å². The van der Waals surface area contributed by atoms with E-state index in [1.807, 2.05) is 0 Å². The van der Waals surface area contributed by atoms with E-state index >= 15 is 0 Å². The summed E-state index contributed by atoms with van der Waals surface area (Å²) < 4.78 is 13.0. The topological polar surface area (TPSA) is 62.2 Å². The van der Waals surface area contributed by atoms with Crippen LogP contribution in [0.1, 0.15) is 15.9 Å². The molecule has 0 bridgehead atoms. The highest BCUT2D eigenvalue weighted by Gasteiger charge is 2.12. The van der Waals surface area contributed by atoms with Gasteiger partial charge < -0.3 is 10.4 Å². The fraction of sp³-hybridized carbons (Fsp3) is 0.0769. The second-order valence-electron chi connectivity index (χ2n) is 3.81. The molecule has 0 fully saturated rings. The number of pyridine rings is 1. The van der Waals surface area contributed by atoms with Gasteiger partial charge in [0.1, 0.15) is 11.6 Å². The Balaban J connectivity index is 2.16. The number of halogens is 2. The molecule has 4 nitrogen and oxygen atoms in total. The Kier molecular flexibility index (Phi) is 3.97. The van der Waals surface area contributed by atoms with Crippen LogP contribution in [0.2, 0.25) is 5.02 Å². The van der Waals surface area contributed by atoms with E-state index in [1.54, 1.807) is 12.1 Å². The summed E-state index contributed by atoms with van der Waals surface area (Å²) in [5.41, 5.74) is 0.678. The van der Waals surface area contributed by atoms with E-state index in [-0.39, 0.29) is 22.2 Å². The standard InChI is InChI=1S/C13H10ClFN2O2/c14-11-10(13(18)19)4-5-16-12(11)17-7-8-2-1-3-9(15)6-8/h1-6H,7H2,(H,16,17)(H,18,19). The van der Waals surface area contributed by atoms with Gasteiger partial charge in [0.2, 0.25) is 0 Å². The molecule has 19 heavy (non-hydrogen) atoms. The number of anilines is 1. The van der Waals surface area contributed by atoms with Crippen LogP contribution in [0.5, 0.6) is 0 Å². The highest BCUT2D eigenvalue weighted by molar-refractivity contribution is 6.35. The van der Waals surface area contributed by atoms with Gasteiger partial charge in [-0.1, -0.05) is 23.7 Å². The van der Waals surface area contributed by atoms with Crippen LogP contribution < -0.4 is 5.32 Å². The zero-order valence-electron chi connectivity index (χ0n) is 9.73. The Morgan fingerprint density at radius 1 is 1.42 bits per heavy atom. The maximum absolute atomic E-state index is 13.0. The number of hydrogen-bond donors (Lipinski definition) is 2. The van der Waals surface area contributed by atoms with Crippen molar-refractivity contribution in [2.45, 2.75) is 6.54 Å². The number of benzene rings is 1. The van der Waals surface area contributed by atoms with Gasteiger partial charge in [-0.25, -0.2) is 14.2 Å². The van der Waals surface area contributed by atoms with Gasteiger partial charge in [0.05, 0.1) is 10.6 Å². The van der Waals surface area contributed by atoms with Crippen molar-refractivity contribution in [2.24, 2.45) is 0 Å². The Morgan fingerprint density at radius 2 is 2.21 bits per heavy atom. The molecule has 0 saturated heterocycles. The minimum absolute atomic E-state index is 0.0293. The van der Waals surface area contributed by atoms with Crippen LogP contribution in [0.15, 0.2) is 36.5 Å². The number of aromatic carboxylic acids is 1. The Hall–Kier alpha value is -2.14. The molecule has 0 radical (unpaired) electrons. The first-order chi connectivity index (χ1) is 9.08. The number of nitrogens with zero attached hydrogens (tertiary/aromatic N) is 1. The predicted octanol–water partition coefficient (Wildman–Crippen LogP) is 3.18. The normalized spacial score (nSPS) is 10.2. The summed E-state index contributed by atoms with van der Waals surface area (Å²) >= 11 is 5.92. The molecule has 0 saturated carbocycles. The summed E-state index contributed by atoms with van der Waals surface area (Å²) in [4.78, 5) is 14.9. The third-order valence-corrected chi connectivity index (χ3v) is 2.85. The van der Waals surface area contributed by atoms with E-state index in [0.29, 0.717) is 12.1 Å². The molecule has 0 unspecified atom stereocenters. The highest BCUT2D eigenvalue weighted by atomic mass is 35.5. The van der Waals surface area contributed by atoms with Crippen LogP contribution in [0, 0.1) is 5.82 Å². The van der Waals surface area contributed by atoms with Gasteiger partial charge in [-0.15, -0.1) is 0 Å². The molecule has 1 aromatic carbocycles. The molecule has 0 aliphatic heterocycles. The molecule has 2 aromatic rings. The number of hydrogen-bond acceptors (Lipinski definition) is 3. The number of aromatic nitrogens is 1. The second kappa shape index (κ2) is 5.67. The van der Waals surface area contributed by atoms with Crippen LogP contribution in [0.25, 0.3) is 0 Å². The molecule has 98 valence electrons. The fourth-order valence-corrected chi connectivity index (χ4v) is 1.82. The SMILES string of the molecule is O=C(O)c1ccnc(NCc2cccc(F)c2)c1Cl. The average molecular weight is 281 g/mol. The summed E-state index contributed by atoms with van der Waals surface area (Å²) in [6, 6.07) is 7.37. The van der Waals surface area contributed by atoms with Crippen LogP contribution in [0.3, 0.4) is 0 Å². The molecule has 6 heteroatoms. The molecule has 0 spiro atoms. The largest absolute Gasteiger partial charge is 0.478 e. The van der Waals surface area contributed by atoms with Crippen molar-refractivity contribution in [3.8, 4) is 0 Å². The molecule has 0 aliphatic rings. The lowest BCUT2D eigenvalue weighted by atomic mass is 10.2. The third-order valence-electron chi connectivity index (χ3n) is 2.47. The predicted molar refractivity (Wildman–Crippen MR) is 69.9 cm³/mol. The fourth-order valence-electron chi connectivity index (χ4n) is 1.56. The van der Waals surface area contributed by atoms with Gasteiger partial charge >= 0.3 is 5.97 Å². The summed E-state index contributed by atoms with van der Waals surface area (Å²) in [5.74, 6) is -1.20. The Bertz CT molecular complexity index is 619. The summed E-state index contributed by atoms with van der Waals surface area (Å²) in [6.45, 7) is 0.299. The van der Waals surface area contributed by atoms with Gasteiger partial charge in [-0.05, 0) is 23.8 Å². The zero-order chi connectivity index (χ0) is 13.8. The van der Waals surface area contributed by atoms with Crippen molar-refractivity contribution >= 4 is 23.4 Å². The van der Waals surface area contributed by atoms with Gasteiger partial charge in [-0.3, -0.25) is 0 Å². The molecule has 0 aliphatic carbocycles. The third kappa shape index (κ3) is 3.20. The molecule has 0 amide bonds. The zero-order valence-corrected chi connectivity index (χ0v) is 10.5. The first-order valence-corrected chi connectivity index (χ1v) is 5.82.